The number of alkyl halides is 3. The Bertz CT molecular complexity index is 962. The number of benzene rings is 2. The highest BCUT2D eigenvalue weighted by atomic mass is 35.5. The molecule has 2 heterocycles. The zero-order valence-corrected chi connectivity index (χ0v) is 19.5. The molecule has 1 spiro atoms. The standard InChI is InChI=1S/C23H27ClN2O.C2HF3O2/c24-21-10-8-20(9-11-21)15-22(27)26-14-12-23(18-26)16-25(17-23)13-4-7-19-5-2-1-3-6-19;3-2(4,5)1(6)7/h1-3,5-6,8-11H,4,7,12-18H2;(H,6,7). The first-order valence-corrected chi connectivity index (χ1v) is 11.5. The summed E-state index contributed by atoms with van der Waals surface area (Å²) in [6.07, 6.45) is -1.10. The van der Waals surface area contributed by atoms with Crippen LogP contribution in [0.2, 0.25) is 5.02 Å². The van der Waals surface area contributed by atoms with Crippen LogP contribution in [0.5, 0.6) is 0 Å². The van der Waals surface area contributed by atoms with E-state index in [2.05, 4.69) is 40.1 Å². The van der Waals surface area contributed by atoms with Gasteiger partial charge in [0.15, 0.2) is 0 Å². The number of hydrogen-bond donors (Lipinski definition) is 1. The fourth-order valence-electron chi connectivity index (χ4n) is 4.51. The number of aliphatic carboxylic acids is 1. The highest BCUT2D eigenvalue weighted by Crippen LogP contribution is 2.39. The van der Waals surface area contributed by atoms with Gasteiger partial charge >= 0.3 is 12.1 Å². The summed E-state index contributed by atoms with van der Waals surface area (Å²) in [6, 6.07) is 18.3. The van der Waals surface area contributed by atoms with Gasteiger partial charge in [0.05, 0.1) is 6.42 Å². The number of nitrogens with zero attached hydrogens (tertiary/aromatic N) is 2. The number of likely N-dealkylation sites (tertiary alicyclic amines) is 2. The van der Waals surface area contributed by atoms with Crippen molar-refractivity contribution < 1.29 is 27.9 Å². The molecule has 1 N–H and O–H groups in total. The maximum absolute atomic E-state index is 12.6. The lowest BCUT2D eigenvalue weighted by Gasteiger charge is -2.48. The minimum Gasteiger partial charge on any atom is -0.475 e. The number of halogens is 4. The molecule has 2 aliphatic heterocycles. The highest BCUT2D eigenvalue weighted by molar-refractivity contribution is 6.30. The number of aryl methyl sites for hydroxylation is 1. The molecular formula is C25H28ClF3N2O3. The molecule has 5 nitrogen and oxygen atoms in total. The Morgan fingerprint density at radius 2 is 1.59 bits per heavy atom. The molecule has 0 saturated carbocycles. The van der Waals surface area contributed by atoms with E-state index in [4.69, 9.17) is 21.5 Å². The van der Waals surface area contributed by atoms with Crippen LogP contribution >= 0.6 is 11.6 Å². The van der Waals surface area contributed by atoms with Crippen LogP contribution in [0.25, 0.3) is 0 Å². The van der Waals surface area contributed by atoms with Crippen molar-refractivity contribution >= 4 is 23.5 Å². The van der Waals surface area contributed by atoms with Crippen LogP contribution in [-0.4, -0.2) is 65.7 Å². The second-order valence-electron chi connectivity index (χ2n) is 8.97. The minimum absolute atomic E-state index is 0.247. The van der Waals surface area contributed by atoms with Crippen molar-refractivity contribution in [3.8, 4) is 0 Å². The lowest BCUT2D eigenvalue weighted by Crippen LogP contribution is -2.57. The normalized spacial score (nSPS) is 17.1. The van der Waals surface area contributed by atoms with Gasteiger partial charge in [-0.05, 0) is 49.1 Å². The van der Waals surface area contributed by atoms with Gasteiger partial charge in [0.25, 0.3) is 0 Å². The third-order valence-electron chi connectivity index (χ3n) is 6.20. The molecule has 2 aliphatic rings. The molecule has 0 atom stereocenters. The monoisotopic (exact) mass is 496 g/mol. The molecule has 0 aliphatic carbocycles. The van der Waals surface area contributed by atoms with E-state index in [1.807, 2.05) is 24.3 Å². The van der Waals surface area contributed by atoms with Crippen LogP contribution in [0.3, 0.4) is 0 Å². The molecule has 4 rings (SSSR count). The van der Waals surface area contributed by atoms with Crippen LogP contribution in [0.15, 0.2) is 54.6 Å². The van der Waals surface area contributed by atoms with Crippen LogP contribution < -0.4 is 0 Å². The smallest absolute Gasteiger partial charge is 0.475 e. The summed E-state index contributed by atoms with van der Waals surface area (Å²) in [4.78, 5) is 26.1. The topological polar surface area (TPSA) is 60.9 Å². The van der Waals surface area contributed by atoms with Gasteiger partial charge in [-0.15, -0.1) is 0 Å². The average molecular weight is 497 g/mol. The highest BCUT2D eigenvalue weighted by Gasteiger charge is 2.48. The molecule has 2 aromatic rings. The summed E-state index contributed by atoms with van der Waals surface area (Å²) in [7, 11) is 0. The predicted octanol–water partition coefficient (Wildman–Crippen LogP) is 4.68. The van der Waals surface area contributed by atoms with E-state index < -0.39 is 12.1 Å². The lowest BCUT2D eigenvalue weighted by molar-refractivity contribution is -0.192. The Morgan fingerprint density at radius 1 is 0.971 bits per heavy atom. The van der Waals surface area contributed by atoms with Gasteiger partial charge in [0, 0.05) is 36.6 Å². The molecule has 184 valence electrons. The van der Waals surface area contributed by atoms with E-state index in [0.29, 0.717) is 16.9 Å². The largest absolute Gasteiger partial charge is 0.490 e. The van der Waals surface area contributed by atoms with Crippen LogP contribution in [0.4, 0.5) is 13.2 Å². The summed E-state index contributed by atoms with van der Waals surface area (Å²) in [5.41, 5.74) is 2.82. The number of rotatable bonds is 6. The van der Waals surface area contributed by atoms with Crippen molar-refractivity contribution in [1.82, 2.24) is 9.80 Å². The van der Waals surface area contributed by atoms with Crippen LogP contribution in [0.1, 0.15) is 24.0 Å². The van der Waals surface area contributed by atoms with Gasteiger partial charge in [-0.25, -0.2) is 4.79 Å². The van der Waals surface area contributed by atoms with Crippen molar-refractivity contribution in [1.29, 1.82) is 0 Å². The van der Waals surface area contributed by atoms with Gasteiger partial charge in [0.2, 0.25) is 5.91 Å². The molecule has 2 fully saturated rings. The Balaban J connectivity index is 0.000000406. The van der Waals surface area contributed by atoms with Crippen molar-refractivity contribution in [2.45, 2.75) is 31.9 Å². The molecule has 2 aromatic carbocycles. The molecule has 9 heteroatoms. The Morgan fingerprint density at radius 3 is 2.18 bits per heavy atom. The van der Waals surface area contributed by atoms with Gasteiger partial charge in [-0.2, -0.15) is 13.2 Å². The first-order chi connectivity index (χ1) is 16.1. The minimum atomic E-state index is -5.08. The summed E-state index contributed by atoms with van der Waals surface area (Å²) >= 11 is 5.92. The first kappa shape index (κ1) is 26.0. The molecule has 0 unspecified atom stereocenters. The van der Waals surface area contributed by atoms with E-state index in [1.165, 1.54) is 12.0 Å². The van der Waals surface area contributed by atoms with Gasteiger partial charge in [-0.3, -0.25) is 4.79 Å². The number of carbonyl (C=O) groups excluding carboxylic acids is 1. The Labute approximate surface area is 202 Å². The number of hydrogen-bond acceptors (Lipinski definition) is 3. The summed E-state index contributed by atoms with van der Waals surface area (Å²) < 4.78 is 31.7. The molecule has 34 heavy (non-hydrogen) atoms. The molecule has 0 aromatic heterocycles. The predicted molar refractivity (Wildman–Crippen MR) is 124 cm³/mol. The van der Waals surface area contributed by atoms with E-state index in [0.717, 1.165) is 51.1 Å². The third-order valence-corrected chi connectivity index (χ3v) is 6.45. The van der Waals surface area contributed by atoms with Crippen molar-refractivity contribution in [2.24, 2.45) is 5.41 Å². The SMILES string of the molecule is O=C(Cc1ccc(Cl)cc1)N1CCC2(CN(CCCc3ccccc3)C2)C1.O=C(O)C(F)(F)F. The van der Waals surface area contributed by atoms with Crippen molar-refractivity contribution in [3.05, 3.63) is 70.7 Å². The lowest BCUT2D eigenvalue weighted by atomic mass is 9.79. The molecule has 2 saturated heterocycles. The van der Waals surface area contributed by atoms with E-state index in [9.17, 15) is 18.0 Å². The van der Waals surface area contributed by atoms with Crippen molar-refractivity contribution in [2.75, 3.05) is 32.7 Å². The molecule has 1 amide bonds. The number of carboxylic acid groups (broad SMARTS) is 1. The fourth-order valence-corrected chi connectivity index (χ4v) is 4.63. The van der Waals surface area contributed by atoms with Crippen LogP contribution in [0, 0.1) is 5.41 Å². The summed E-state index contributed by atoms with van der Waals surface area (Å²) in [5, 5.41) is 7.84. The van der Waals surface area contributed by atoms with E-state index >= 15 is 0 Å². The second kappa shape index (κ2) is 11.2. The van der Waals surface area contributed by atoms with Crippen LogP contribution in [-0.2, 0) is 22.4 Å². The third kappa shape index (κ3) is 7.46. The summed E-state index contributed by atoms with van der Waals surface area (Å²) in [6.45, 7) is 5.29. The molecular weight excluding hydrogens is 469 g/mol. The van der Waals surface area contributed by atoms with E-state index in [-0.39, 0.29) is 5.91 Å². The maximum Gasteiger partial charge on any atom is 0.490 e. The number of carbonyl (C=O) groups is 2. The first-order valence-electron chi connectivity index (χ1n) is 11.1. The summed E-state index contributed by atoms with van der Waals surface area (Å²) in [5.74, 6) is -2.51. The quantitative estimate of drug-likeness (QED) is 0.630. The fraction of sp³-hybridized carbons (Fsp3) is 0.440. The maximum atomic E-state index is 12.6. The van der Waals surface area contributed by atoms with E-state index in [1.54, 1.807) is 0 Å². The molecule has 0 bridgehead atoms. The van der Waals surface area contributed by atoms with Gasteiger partial charge < -0.3 is 14.9 Å². The zero-order chi connectivity index (χ0) is 24.8. The Hall–Kier alpha value is -2.58. The number of amides is 1. The zero-order valence-electron chi connectivity index (χ0n) is 18.7. The number of carboxylic acids is 1. The van der Waals surface area contributed by atoms with Gasteiger partial charge in [-0.1, -0.05) is 54.1 Å². The Kier molecular flexibility index (Phi) is 8.60. The average Bonchev–Trinajstić information content (AvgIpc) is 3.21. The second-order valence-corrected chi connectivity index (χ2v) is 9.41. The van der Waals surface area contributed by atoms with Crippen molar-refractivity contribution in [3.63, 3.8) is 0 Å². The van der Waals surface area contributed by atoms with Gasteiger partial charge in [0.1, 0.15) is 0 Å². The molecule has 0 radical (unpaired) electrons.